The highest BCUT2D eigenvalue weighted by molar-refractivity contribution is 6.10. The van der Waals surface area contributed by atoms with Crippen LogP contribution in [0.3, 0.4) is 0 Å². The molecule has 0 spiro atoms. The summed E-state index contributed by atoms with van der Waals surface area (Å²) in [6, 6.07) is 6.13. The zero-order valence-corrected chi connectivity index (χ0v) is 24.5. The fraction of sp³-hybridized carbons (Fsp3) is 0.286. The number of carbonyl (C=O) groups excluding carboxylic acids is 1. The van der Waals surface area contributed by atoms with Crippen LogP contribution in [0.5, 0.6) is 0 Å². The third-order valence-corrected chi connectivity index (χ3v) is 7.10. The maximum absolute atomic E-state index is 12.9. The van der Waals surface area contributed by atoms with Crippen LogP contribution in [0.15, 0.2) is 106 Å². The molecule has 0 amide bonds. The van der Waals surface area contributed by atoms with Gasteiger partial charge in [-0.2, -0.15) is 0 Å². The summed E-state index contributed by atoms with van der Waals surface area (Å²) in [6.45, 7) is 16.3. The Hall–Kier alpha value is -4.25. The first-order valence-electron chi connectivity index (χ1n) is 14.0. The van der Waals surface area contributed by atoms with Gasteiger partial charge in [0.2, 0.25) is 5.78 Å². The summed E-state index contributed by atoms with van der Waals surface area (Å²) in [5.74, 6) is 1.59. The van der Waals surface area contributed by atoms with E-state index in [0.29, 0.717) is 23.4 Å². The number of aromatic amines is 1. The van der Waals surface area contributed by atoms with Crippen molar-refractivity contribution in [1.82, 2.24) is 4.98 Å². The number of anilines is 1. The molecule has 1 aromatic carbocycles. The molecule has 5 heteroatoms. The van der Waals surface area contributed by atoms with Crippen LogP contribution in [-0.4, -0.2) is 22.8 Å². The number of fused-ring (bicyclic) bond motifs is 1. The number of hydrogen-bond acceptors (Lipinski definition) is 3. The normalized spacial score (nSPS) is 19.8. The van der Waals surface area contributed by atoms with Crippen LogP contribution in [0.1, 0.15) is 70.4 Å². The highest BCUT2D eigenvalue weighted by Gasteiger charge is 2.18. The van der Waals surface area contributed by atoms with Crippen molar-refractivity contribution in [3.8, 4) is 0 Å². The van der Waals surface area contributed by atoms with Crippen molar-refractivity contribution in [2.24, 2.45) is 21.8 Å². The largest absolute Gasteiger partial charge is 0.351 e. The predicted molar refractivity (Wildman–Crippen MR) is 172 cm³/mol. The van der Waals surface area contributed by atoms with E-state index in [1.807, 2.05) is 51.3 Å². The third kappa shape index (κ3) is 6.84. The molecule has 2 N–H and O–H groups in total. The van der Waals surface area contributed by atoms with Gasteiger partial charge in [-0.25, -0.2) is 4.99 Å². The van der Waals surface area contributed by atoms with Crippen LogP contribution < -0.4 is 5.32 Å². The minimum Gasteiger partial charge on any atom is -0.351 e. The first-order valence-corrected chi connectivity index (χ1v) is 14.0. The summed E-state index contributed by atoms with van der Waals surface area (Å²) in [6.07, 6.45) is 19.7. The fourth-order valence-electron chi connectivity index (χ4n) is 4.76. The average Bonchev–Trinajstić information content (AvgIpc) is 3.34. The number of ketones is 1. The van der Waals surface area contributed by atoms with Gasteiger partial charge in [-0.3, -0.25) is 9.79 Å². The Balaban J connectivity index is 1.81. The topological polar surface area (TPSA) is 69.6 Å². The van der Waals surface area contributed by atoms with E-state index in [1.165, 1.54) is 5.57 Å². The van der Waals surface area contributed by atoms with Crippen molar-refractivity contribution >= 4 is 40.0 Å². The molecule has 2 aromatic rings. The number of nitrogens with zero attached hydrogens (tertiary/aromatic N) is 2. The molecule has 5 nitrogen and oxygen atoms in total. The standard InChI is InChI=1S/C35H40N4O/c1-8-10-31(30-15-12-23(5)21-36-30)38-34(11-9-2)37-28-18-27-19-32(33(40)16-22(3)4)39-35(27)29(20-28)26-14-13-24(6)25(7)17-26/h8-11,14-21,23-24,39H,1,12-13H2,2-7H3,(H,37,38)/b11-9-,31-10-. The van der Waals surface area contributed by atoms with Crippen LogP contribution in [0.4, 0.5) is 5.69 Å². The van der Waals surface area contributed by atoms with Crippen LogP contribution in [-0.2, 0) is 0 Å². The molecule has 1 aromatic heterocycles. The summed E-state index contributed by atoms with van der Waals surface area (Å²) >= 11 is 0. The molecule has 0 radical (unpaired) electrons. The lowest BCUT2D eigenvalue weighted by molar-refractivity contribution is 0.104. The van der Waals surface area contributed by atoms with Crippen LogP contribution >= 0.6 is 0 Å². The van der Waals surface area contributed by atoms with E-state index in [9.17, 15) is 4.79 Å². The Morgan fingerprint density at radius 3 is 2.62 bits per heavy atom. The van der Waals surface area contributed by atoms with Gasteiger partial charge in [-0.05, 0) is 94.4 Å². The van der Waals surface area contributed by atoms with Gasteiger partial charge in [0.25, 0.3) is 0 Å². The van der Waals surface area contributed by atoms with Gasteiger partial charge in [0.1, 0.15) is 5.84 Å². The lowest BCUT2D eigenvalue weighted by Gasteiger charge is -2.19. The van der Waals surface area contributed by atoms with E-state index < -0.39 is 0 Å². The molecule has 2 heterocycles. The van der Waals surface area contributed by atoms with E-state index in [-0.39, 0.29) is 5.78 Å². The van der Waals surface area contributed by atoms with Crippen molar-refractivity contribution in [2.45, 2.75) is 54.4 Å². The number of nitrogens with one attached hydrogen (secondary N) is 2. The van der Waals surface area contributed by atoms with Gasteiger partial charge in [0.15, 0.2) is 0 Å². The van der Waals surface area contributed by atoms with Gasteiger partial charge < -0.3 is 10.3 Å². The van der Waals surface area contributed by atoms with Gasteiger partial charge in [0, 0.05) is 22.9 Å². The monoisotopic (exact) mass is 532 g/mol. The molecule has 0 saturated heterocycles. The Morgan fingerprint density at radius 2 is 1.98 bits per heavy atom. The molecule has 0 bridgehead atoms. The predicted octanol–water partition coefficient (Wildman–Crippen LogP) is 9.14. The molecule has 206 valence electrons. The quantitative estimate of drug-likeness (QED) is 0.117. The summed E-state index contributed by atoms with van der Waals surface area (Å²) in [5.41, 5.74) is 8.53. The molecule has 1 aliphatic heterocycles. The smallest absolute Gasteiger partial charge is 0.201 e. The van der Waals surface area contributed by atoms with Crippen molar-refractivity contribution in [1.29, 1.82) is 0 Å². The van der Waals surface area contributed by atoms with E-state index in [0.717, 1.165) is 57.5 Å². The molecular weight excluding hydrogens is 492 g/mol. The summed E-state index contributed by atoms with van der Waals surface area (Å²) in [4.78, 5) is 25.9. The van der Waals surface area contributed by atoms with Crippen molar-refractivity contribution in [3.05, 3.63) is 107 Å². The number of H-pyrrole nitrogens is 1. The minimum atomic E-state index is -0.0272. The molecule has 1 aliphatic carbocycles. The lowest BCUT2D eigenvalue weighted by atomic mass is 9.88. The molecule has 2 aliphatic rings. The Labute approximate surface area is 238 Å². The average molecular weight is 533 g/mol. The summed E-state index contributed by atoms with van der Waals surface area (Å²) in [7, 11) is 0. The van der Waals surface area contributed by atoms with Gasteiger partial charge in [-0.1, -0.05) is 62.0 Å². The zero-order valence-electron chi connectivity index (χ0n) is 24.5. The highest BCUT2D eigenvalue weighted by Crippen LogP contribution is 2.35. The number of benzene rings is 1. The zero-order chi connectivity index (χ0) is 28.8. The molecule has 2 atom stereocenters. The molecule has 0 fully saturated rings. The van der Waals surface area contributed by atoms with E-state index in [4.69, 9.17) is 4.99 Å². The first-order chi connectivity index (χ1) is 19.2. The minimum absolute atomic E-state index is 0.0272. The second-order valence-electron chi connectivity index (χ2n) is 10.9. The number of carbonyl (C=O) groups is 1. The fourth-order valence-corrected chi connectivity index (χ4v) is 4.76. The number of aromatic nitrogens is 1. The van der Waals surface area contributed by atoms with Crippen molar-refractivity contribution in [2.75, 3.05) is 5.32 Å². The second kappa shape index (κ2) is 12.7. The number of rotatable bonds is 8. The van der Waals surface area contributed by atoms with E-state index in [2.05, 4.69) is 73.0 Å². The van der Waals surface area contributed by atoms with E-state index in [1.54, 1.807) is 12.2 Å². The Bertz CT molecular complexity index is 1560. The lowest BCUT2D eigenvalue weighted by Crippen LogP contribution is -2.11. The maximum atomic E-state index is 12.9. The van der Waals surface area contributed by atoms with Crippen LogP contribution in [0.2, 0.25) is 0 Å². The molecule has 0 saturated carbocycles. The van der Waals surface area contributed by atoms with Gasteiger partial charge in [0.05, 0.1) is 22.6 Å². The Morgan fingerprint density at radius 1 is 1.18 bits per heavy atom. The molecular formula is C35H40N4O. The number of hydrogen-bond donors (Lipinski definition) is 2. The van der Waals surface area contributed by atoms with Crippen LogP contribution in [0.25, 0.3) is 16.5 Å². The van der Waals surface area contributed by atoms with E-state index >= 15 is 0 Å². The van der Waals surface area contributed by atoms with Crippen LogP contribution in [0, 0.1) is 11.8 Å². The van der Waals surface area contributed by atoms with Crippen molar-refractivity contribution in [3.63, 3.8) is 0 Å². The maximum Gasteiger partial charge on any atom is 0.201 e. The highest BCUT2D eigenvalue weighted by atomic mass is 16.1. The molecule has 2 unspecified atom stereocenters. The number of allylic oxidation sites excluding steroid dienone is 10. The number of amidine groups is 1. The Kier molecular flexibility index (Phi) is 9.15. The molecule has 40 heavy (non-hydrogen) atoms. The summed E-state index contributed by atoms with van der Waals surface area (Å²) < 4.78 is 0. The summed E-state index contributed by atoms with van der Waals surface area (Å²) in [5, 5.41) is 4.49. The second-order valence-corrected chi connectivity index (χ2v) is 10.9. The molecule has 4 rings (SSSR count). The SMILES string of the molecule is C=C\C=C(/N=C(\C=C/C)Nc1cc(C2=CCC(C)C(C)=C2)c2[nH]c(C(=O)C=C(C)C)cc2c1)C1=CCC(C)C=N1. The van der Waals surface area contributed by atoms with Gasteiger partial charge >= 0.3 is 0 Å². The third-order valence-electron chi connectivity index (χ3n) is 7.10. The first kappa shape index (κ1) is 28.8. The van der Waals surface area contributed by atoms with Crippen molar-refractivity contribution < 1.29 is 4.79 Å². The van der Waals surface area contributed by atoms with Gasteiger partial charge in [-0.15, -0.1) is 0 Å². The number of aliphatic imine (C=N–C) groups is 2.